The third kappa shape index (κ3) is 7.06. The number of carbonyl (C=O) groups excluding carboxylic acids is 1. The predicted molar refractivity (Wildman–Crippen MR) is 49.8 cm³/mol. The minimum absolute atomic E-state index is 0.335. The Kier molecular flexibility index (Phi) is 7.35. The lowest BCUT2D eigenvalue weighted by molar-refractivity contribution is -0.137. The van der Waals surface area contributed by atoms with E-state index in [2.05, 4.69) is 13.2 Å². The van der Waals surface area contributed by atoms with Gasteiger partial charge >= 0.3 is 5.97 Å². The van der Waals surface area contributed by atoms with Crippen LogP contribution in [0.2, 0.25) is 0 Å². The van der Waals surface area contributed by atoms with Crippen LogP contribution in [-0.2, 0) is 9.53 Å². The molecule has 2 heteroatoms. The van der Waals surface area contributed by atoms with Crippen molar-refractivity contribution in [1.29, 1.82) is 0 Å². The number of esters is 1. The van der Waals surface area contributed by atoms with Gasteiger partial charge in [0.25, 0.3) is 0 Å². The summed E-state index contributed by atoms with van der Waals surface area (Å²) in [6.07, 6.45) is 7.24. The second kappa shape index (κ2) is 8.05. The lowest BCUT2D eigenvalue weighted by Crippen LogP contribution is -2.01. The van der Waals surface area contributed by atoms with E-state index >= 15 is 0 Å². The first kappa shape index (κ1) is 11.0. The van der Waals surface area contributed by atoms with Crippen LogP contribution in [0.5, 0.6) is 0 Å². The van der Waals surface area contributed by atoms with Crippen molar-refractivity contribution in [3.63, 3.8) is 0 Å². The van der Waals surface area contributed by atoms with Crippen molar-refractivity contribution in [2.75, 3.05) is 6.61 Å². The third-order valence-corrected chi connectivity index (χ3v) is 1.46. The number of hydrogen-bond donors (Lipinski definition) is 0. The molecule has 0 atom stereocenters. The van der Waals surface area contributed by atoms with Gasteiger partial charge in [0.15, 0.2) is 0 Å². The minimum atomic E-state index is -0.335. The molecule has 0 rings (SSSR count). The highest BCUT2D eigenvalue weighted by Gasteiger charge is 1.93. The van der Waals surface area contributed by atoms with Gasteiger partial charge in [-0.25, -0.2) is 4.79 Å². The highest BCUT2D eigenvalue weighted by molar-refractivity contribution is 5.81. The van der Waals surface area contributed by atoms with Gasteiger partial charge in [-0.3, -0.25) is 0 Å². The Bertz CT molecular complexity index is 150. The highest BCUT2D eigenvalue weighted by Crippen LogP contribution is 2.00. The van der Waals surface area contributed by atoms with Gasteiger partial charge in [-0.2, -0.15) is 0 Å². The van der Waals surface area contributed by atoms with Crippen molar-refractivity contribution in [2.24, 2.45) is 0 Å². The predicted octanol–water partition coefficient (Wildman–Crippen LogP) is 2.46. The van der Waals surface area contributed by atoms with E-state index in [0.29, 0.717) is 6.61 Å². The van der Waals surface area contributed by atoms with Crippen molar-refractivity contribution in [3.05, 3.63) is 25.3 Å². The molecule has 0 bridgehead atoms. The van der Waals surface area contributed by atoms with Crippen molar-refractivity contribution in [3.8, 4) is 0 Å². The zero-order valence-corrected chi connectivity index (χ0v) is 7.42. The zero-order valence-electron chi connectivity index (χ0n) is 7.42. The molecule has 0 aromatic heterocycles. The molecule has 0 radical (unpaired) electrons. The van der Waals surface area contributed by atoms with Crippen LogP contribution in [-0.4, -0.2) is 12.6 Å². The van der Waals surface area contributed by atoms with Gasteiger partial charge in [-0.15, -0.1) is 6.58 Å². The van der Waals surface area contributed by atoms with Crippen LogP contribution >= 0.6 is 0 Å². The number of allylic oxidation sites excluding steroid dienone is 1. The van der Waals surface area contributed by atoms with E-state index in [4.69, 9.17) is 4.74 Å². The van der Waals surface area contributed by atoms with Crippen LogP contribution in [0.3, 0.4) is 0 Å². The fourth-order valence-corrected chi connectivity index (χ4v) is 0.799. The molecule has 0 spiro atoms. The van der Waals surface area contributed by atoms with Crippen LogP contribution < -0.4 is 0 Å². The molecule has 0 aliphatic carbocycles. The Morgan fingerprint density at radius 2 is 2.00 bits per heavy atom. The highest BCUT2D eigenvalue weighted by atomic mass is 16.5. The van der Waals surface area contributed by atoms with Crippen molar-refractivity contribution >= 4 is 5.97 Å². The minimum Gasteiger partial charge on any atom is -0.463 e. The topological polar surface area (TPSA) is 26.3 Å². The molecular formula is C10H16O2. The fraction of sp³-hybridized carbons (Fsp3) is 0.500. The Labute approximate surface area is 73.9 Å². The normalized spacial score (nSPS) is 9.00. The summed E-state index contributed by atoms with van der Waals surface area (Å²) in [5, 5.41) is 0. The number of rotatable bonds is 7. The quantitative estimate of drug-likeness (QED) is 0.252. The molecule has 0 saturated heterocycles. The molecular weight excluding hydrogens is 152 g/mol. The summed E-state index contributed by atoms with van der Waals surface area (Å²) >= 11 is 0. The molecule has 0 aromatic rings. The van der Waals surface area contributed by atoms with Crippen LogP contribution in [0, 0.1) is 0 Å². The monoisotopic (exact) mass is 168 g/mol. The molecule has 0 aliphatic rings. The molecule has 0 fully saturated rings. The fourth-order valence-electron chi connectivity index (χ4n) is 0.799. The molecule has 68 valence electrons. The van der Waals surface area contributed by atoms with Gasteiger partial charge in [0, 0.05) is 6.08 Å². The summed E-state index contributed by atoms with van der Waals surface area (Å²) in [5.74, 6) is -0.335. The summed E-state index contributed by atoms with van der Waals surface area (Å²) in [4.78, 5) is 10.5. The first-order valence-corrected chi connectivity index (χ1v) is 4.21. The Balaban J connectivity index is 3.05. The first-order chi connectivity index (χ1) is 5.81. The third-order valence-electron chi connectivity index (χ3n) is 1.46. The molecule has 0 aliphatic heterocycles. The lowest BCUT2D eigenvalue weighted by atomic mass is 10.2. The maximum absolute atomic E-state index is 10.5. The van der Waals surface area contributed by atoms with E-state index in [0.717, 1.165) is 25.7 Å². The Hall–Kier alpha value is -1.05. The van der Waals surface area contributed by atoms with Crippen LogP contribution in [0.1, 0.15) is 25.7 Å². The van der Waals surface area contributed by atoms with Gasteiger partial charge in [0.05, 0.1) is 6.61 Å². The largest absolute Gasteiger partial charge is 0.463 e. The second-order valence-electron chi connectivity index (χ2n) is 2.51. The van der Waals surface area contributed by atoms with E-state index in [-0.39, 0.29) is 5.97 Å². The van der Waals surface area contributed by atoms with Crippen molar-refractivity contribution in [1.82, 2.24) is 0 Å². The molecule has 12 heavy (non-hydrogen) atoms. The van der Waals surface area contributed by atoms with E-state index in [1.807, 2.05) is 6.08 Å². The lowest BCUT2D eigenvalue weighted by Gasteiger charge is -2.00. The van der Waals surface area contributed by atoms with Crippen molar-refractivity contribution < 1.29 is 9.53 Å². The molecule has 0 unspecified atom stereocenters. The molecule has 0 aromatic carbocycles. The average Bonchev–Trinajstić information content (AvgIpc) is 2.10. The smallest absolute Gasteiger partial charge is 0.330 e. The maximum atomic E-state index is 10.5. The van der Waals surface area contributed by atoms with Gasteiger partial charge in [0.1, 0.15) is 0 Å². The van der Waals surface area contributed by atoms with Gasteiger partial charge in [-0.05, 0) is 25.7 Å². The molecule has 0 saturated carbocycles. The van der Waals surface area contributed by atoms with Crippen molar-refractivity contribution in [2.45, 2.75) is 25.7 Å². The summed E-state index contributed by atoms with van der Waals surface area (Å²) in [6, 6.07) is 0. The summed E-state index contributed by atoms with van der Waals surface area (Å²) < 4.78 is 4.79. The Morgan fingerprint density at radius 1 is 1.25 bits per heavy atom. The standard InChI is InChI=1S/C10H16O2/c1-3-5-6-7-8-9-12-10(11)4-2/h3-4H,1-2,5-9H2. The van der Waals surface area contributed by atoms with Crippen LogP contribution in [0.25, 0.3) is 0 Å². The second-order valence-corrected chi connectivity index (χ2v) is 2.51. The van der Waals surface area contributed by atoms with E-state index in [9.17, 15) is 4.79 Å². The van der Waals surface area contributed by atoms with Crippen LogP contribution in [0.15, 0.2) is 25.3 Å². The van der Waals surface area contributed by atoms with Gasteiger partial charge in [0.2, 0.25) is 0 Å². The van der Waals surface area contributed by atoms with E-state index in [1.54, 1.807) is 0 Å². The Morgan fingerprint density at radius 3 is 2.58 bits per heavy atom. The maximum Gasteiger partial charge on any atom is 0.330 e. The van der Waals surface area contributed by atoms with Gasteiger partial charge in [-0.1, -0.05) is 12.7 Å². The molecule has 0 amide bonds. The van der Waals surface area contributed by atoms with Gasteiger partial charge < -0.3 is 4.74 Å². The number of carbonyl (C=O) groups is 1. The molecule has 0 heterocycles. The molecule has 0 N–H and O–H groups in total. The van der Waals surface area contributed by atoms with E-state index < -0.39 is 0 Å². The first-order valence-electron chi connectivity index (χ1n) is 4.21. The van der Waals surface area contributed by atoms with Crippen LogP contribution in [0.4, 0.5) is 0 Å². The zero-order chi connectivity index (χ0) is 9.23. The SMILES string of the molecule is C=CCCCCCOC(=O)C=C. The summed E-state index contributed by atoms with van der Waals surface area (Å²) in [6.45, 7) is 7.42. The number of unbranched alkanes of at least 4 members (excludes halogenated alkanes) is 3. The summed E-state index contributed by atoms with van der Waals surface area (Å²) in [7, 11) is 0. The molecule has 2 nitrogen and oxygen atoms in total. The average molecular weight is 168 g/mol. The summed E-state index contributed by atoms with van der Waals surface area (Å²) in [5.41, 5.74) is 0. The van der Waals surface area contributed by atoms with E-state index in [1.165, 1.54) is 6.08 Å². The number of hydrogen-bond acceptors (Lipinski definition) is 2. The number of ether oxygens (including phenoxy) is 1.